The van der Waals surface area contributed by atoms with Crippen LogP contribution in [0.3, 0.4) is 0 Å². The molecule has 3 rings (SSSR count). The molecule has 0 amide bonds. The van der Waals surface area contributed by atoms with E-state index < -0.39 is 35.1 Å². The van der Waals surface area contributed by atoms with Crippen LogP contribution in [0.2, 0.25) is 0 Å². The Labute approximate surface area is 149 Å². The van der Waals surface area contributed by atoms with E-state index in [1.807, 2.05) is 0 Å². The van der Waals surface area contributed by atoms with E-state index in [0.29, 0.717) is 0 Å². The third-order valence-corrected chi connectivity index (χ3v) is 4.88. The van der Waals surface area contributed by atoms with Crippen LogP contribution in [0.5, 0.6) is 0 Å². The zero-order chi connectivity index (χ0) is 19.3. The SMILES string of the molecule is CC(C)(O)c1cc(C(O)(CN)C2(F)CC2)nc(-c2ccc(F)cc2)c1F. The number of alkyl halides is 1. The standard InChI is InChI=1S/C19H21F3N2O2/c1-17(2,25)13-9-14(19(26,10-23)18(22)7-8-18)24-16(15(13)21)11-3-5-12(20)6-4-11/h3-6,9,25-26H,7-8,10,23H2,1-2H3. The summed E-state index contributed by atoms with van der Waals surface area (Å²) in [4.78, 5) is 4.12. The lowest BCUT2D eigenvalue weighted by molar-refractivity contribution is -0.0520. The van der Waals surface area contributed by atoms with Gasteiger partial charge in [-0.1, -0.05) is 0 Å². The van der Waals surface area contributed by atoms with E-state index in [1.54, 1.807) is 0 Å². The molecule has 1 fully saturated rings. The fourth-order valence-corrected chi connectivity index (χ4v) is 3.03. The van der Waals surface area contributed by atoms with Gasteiger partial charge in [0.15, 0.2) is 11.4 Å². The number of pyridine rings is 1. The third-order valence-electron chi connectivity index (χ3n) is 4.88. The molecule has 140 valence electrons. The number of nitrogens with two attached hydrogens (primary N) is 1. The first-order valence-electron chi connectivity index (χ1n) is 8.33. The highest BCUT2D eigenvalue weighted by Crippen LogP contribution is 2.53. The van der Waals surface area contributed by atoms with Crippen molar-refractivity contribution in [3.8, 4) is 11.3 Å². The highest BCUT2D eigenvalue weighted by Gasteiger charge is 2.61. The zero-order valence-corrected chi connectivity index (χ0v) is 14.6. The van der Waals surface area contributed by atoms with Crippen molar-refractivity contribution < 1.29 is 23.4 Å². The Balaban J connectivity index is 2.26. The van der Waals surface area contributed by atoms with Crippen molar-refractivity contribution in [1.29, 1.82) is 0 Å². The molecule has 4 nitrogen and oxygen atoms in total. The van der Waals surface area contributed by atoms with Gasteiger partial charge in [-0.25, -0.2) is 18.2 Å². The van der Waals surface area contributed by atoms with Crippen molar-refractivity contribution in [2.75, 3.05) is 6.54 Å². The van der Waals surface area contributed by atoms with Crippen molar-refractivity contribution in [2.45, 2.75) is 43.6 Å². The number of nitrogens with zero attached hydrogens (tertiary/aromatic N) is 1. The Morgan fingerprint density at radius 2 is 1.73 bits per heavy atom. The highest BCUT2D eigenvalue weighted by molar-refractivity contribution is 5.62. The van der Waals surface area contributed by atoms with Crippen LogP contribution in [0.15, 0.2) is 30.3 Å². The molecule has 2 aromatic rings. The number of benzene rings is 1. The molecule has 0 radical (unpaired) electrons. The molecule has 0 aliphatic heterocycles. The van der Waals surface area contributed by atoms with Gasteiger partial charge in [-0.3, -0.25) is 0 Å². The summed E-state index contributed by atoms with van der Waals surface area (Å²) in [5.74, 6) is -1.33. The van der Waals surface area contributed by atoms with Crippen LogP contribution in [0.4, 0.5) is 13.2 Å². The lowest BCUT2D eigenvalue weighted by atomic mass is 9.87. The average Bonchev–Trinajstić information content (AvgIpc) is 3.33. The zero-order valence-electron chi connectivity index (χ0n) is 14.6. The van der Waals surface area contributed by atoms with Gasteiger partial charge in [0, 0.05) is 17.7 Å². The molecule has 1 aliphatic rings. The molecule has 0 saturated heterocycles. The highest BCUT2D eigenvalue weighted by atomic mass is 19.1. The predicted molar refractivity (Wildman–Crippen MR) is 90.9 cm³/mol. The summed E-state index contributed by atoms with van der Waals surface area (Å²) in [5.41, 5.74) is -0.306. The number of rotatable bonds is 5. The van der Waals surface area contributed by atoms with E-state index in [9.17, 15) is 19.0 Å². The van der Waals surface area contributed by atoms with Crippen LogP contribution in [0, 0.1) is 11.6 Å². The summed E-state index contributed by atoms with van der Waals surface area (Å²) in [6.07, 6.45) is 0.229. The molecule has 0 bridgehead atoms. The largest absolute Gasteiger partial charge is 0.386 e. The Bertz CT molecular complexity index is 830. The molecule has 0 spiro atoms. The summed E-state index contributed by atoms with van der Waals surface area (Å²) < 4.78 is 43.0. The fraction of sp³-hybridized carbons (Fsp3) is 0.421. The van der Waals surface area contributed by atoms with Gasteiger partial charge in [-0.15, -0.1) is 0 Å². The normalized spacial score (nSPS) is 18.5. The third kappa shape index (κ3) is 3.00. The molecule has 1 saturated carbocycles. The molecule has 7 heteroatoms. The Hall–Kier alpha value is -1.96. The number of aliphatic hydroxyl groups is 2. The van der Waals surface area contributed by atoms with Crippen molar-refractivity contribution >= 4 is 0 Å². The van der Waals surface area contributed by atoms with E-state index in [2.05, 4.69) is 4.98 Å². The van der Waals surface area contributed by atoms with E-state index in [1.165, 1.54) is 26.0 Å². The van der Waals surface area contributed by atoms with Crippen LogP contribution < -0.4 is 5.73 Å². The van der Waals surface area contributed by atoms with Crippen LogP contribution in [0.25, 0.3) is 11.3 Å². The maximum absolute atomic E-state index is 15.0. The second-order valence-corrected chi connectivity index (χ2v) is 7.31. The topological polar surface area (TPSA) is 79.4 Å². The van der Waals surface area contributed by atoms with Crippen LogP contribution >= 0.6 is 0 Å². The van der Waals surface area contributed by atoms with Crippen LogP contribution in [0.1, 0.15) is 37.9 Å². The van der Waals surface area contributed by atoms with Gasteiger partial charge in [0.05, 0.1) is 11.3 Å². The second-order valence-electron chi connectivity index (χ2n) is 7.31. The smallest absolute Gasteiger partial charge is 0.155 e. The average molecular weight is 366 g/mol. The first-order valence-corrected chi connectivity index (χ1v) is 8.33. The molecular weight excluding hydrogens is 345 g/mol. The molecule has 1 heterocycles. The van der Waals surface area contributed by atoms with Crippen LogP contribution in [-0.2, 0) is 11.2 Å². The minimum absolute atomic E-state index is 0.115. The second kappa shape index (κ2) is 6.04. The molecule has 1 aromatic heterocycles. The maximum Gasteiger partial charge on any atom is 0.155 e. The summed E-state index contributed by atoms with van der Waals surface area (Å²) in [5, 5.41) is 21.2. The van der Waals surface area contributed by atoms with E-state index in [4.69, 9.17) is 5.73 Å². The quantitative estimate of drug-likeness (QED) is 0.760. The molecule has 1 atom stereocenters. The summed E-state index contributed by atoms with van der Waals surface area (Å²) in [7, 11) is 0. The van der Waals surface area contributed by atoms with Gasteiger partial charge < -0.3 is 15.9 Å². The lowest BCUT2D eigenvalue weighted by Crippen LogP contribution is -2.46. The van der Waals surface area contributed by atoms with Crippen molar-refractivity contribution in [2.24, 2.45) is 5.73 Å². The Kier molecular flexibility index (Phi) is 4.37. The number of aromatic nitrogens is 1. The van der Waals surface area contributed by atoms with Gasteiger partial charge in [0.25, 0.3) is 0 Å². The monoisotopic (exact) mass is 366 g/mol. The minimum atomic E-state index is -2.10. The van der Waals surface area contributed by atoms with Crippen molar-refractivity contribution in [3.63, 3.8) is 0 Å². The summed E-state index contributed by atoms with van der Waals surface area (Å²) >= 11 is 0. The summed E-state index contributed by atoms with van der Waals surface area (Å²) in [6.45, 7) is 2.29. The van der Waals surface area contributed by atoms with Crippen molar-refractivity contribution in [3.05, 3.63) is 53.2 Å². The molecule has 26 heavy (non-hydrogen) atoms. The minimum Gasteiger partial charge on any atom is -0.386 e. The maximum atomic E-state index is 15.0. The van der Waals surface area contributed by atoms with Gasteiger partial charge in [0.2, 0.25) is 0 Å². The molecule has 4 N–H and O–H groups in total. The number of hydrogen-bond donors (Lipinski definition) is 3. The first kappa shape index (κ1) is 18.8. The van der Waals surface area contributed by atoms with Gasteiger partial charge in [-0.05, 0) is 57.0 Å². The summed E-state index contributed by atoms with van der Waals surface area (Å²) in [6, 6.07) is 6.07. The van der Waals surface area contributed by atoms with Gasteiger partial charge in [-0.2, -0.15) is 0 Å². The van der Waals surface area contributed by atoms with Gasteiger partial charge >= 0.3 is 0 Å². The lowest BCUT2D eigenvalue weighted by Gasteiger charge is -2.32. The van der Waals surface area contributed by atoms with Gasteiger partial charge in [0.1, 0.15) is 17.2 Å². The number of hydrogen-bond acceptors (Lipinski definition) is 4. The van der Waals surface area contributed by atoms with E-state index in [0.717, 1.165) is 18.2 Å². The molecular formula is C19H21F3N2O2. The molecule has 1 aromatic carbocycles. The predicted octanol–water partition coefficient (Wildman–Crippen LogP) is 2.90. The Morgan fingerprint density at radius 1 is 1.15 bits per heavy atom. The molecule has 1 aliphatic carbocycles. The first-order chi connectivity index (χ1) is 12.0. The fourth-order valence-electron chi connectivity index (χ4n) is 3.03. The Morgan fingerprint density at radius 3 is 2.19 bits per heavy atom. The van der Waals surface area contributed by atoms with Crippen LogP contribution in [-0.4, -0.2) is 27.4 Å². The van der Waals surface area contributed by atoms with E-state index >= 15 is 4.39 Å². The number of halogens is 3. The van der Waals surface area contributed by atoms with Crippen molar-refractivity contribution in [1.82, 2.24) is 4.98 Å². The van der Waals surface area contributed by atoms with E-state index in [-0.39, 0.29) is 35.4 Å². The molecule has 1 unspecified atom stereocenters.